The number of thiophene rings is 1. The number of piperazine rings is 1. The van der Waals surface area contributed by atoms with Crippen LogP contribution in [0.2, 0.25) is 0 Å². The van der Waals surface area contributed by atoms with Crippen molar-refractivity contribution in [2.75, 3.05) is 50.8 Å². The van der Waals surface area contributed by atoms with Crippen molar-refractivity contribution in [3.05, 3.63) is 53.4 Å². The van der Waals surface area contributed by atoms with Crippen molar-refractivity contribution < 1.29 is 9.13 Å². The number of aromatic amines is 1. The molecule has 0 saturated carbocycles. The van der Waals surface area contributed by atoms with Crippen molar-refractivity contribution in [3.63, 3.8) is 0 Å². The molecule has 0 spiro atoms. The zero-order valence-corrected chi connectivity index (χ0v) is 20.2. The maximum Gasteiger partial charge on any atom is 0.163 e. The summed E-state index contributed by atoms with van der Waals surface area (Å²) in [7, 11) is 0. The Morgan fingerprint density at radius 2 is 2.03 bits per heavy atom. The minimum absolute atomic E-state index is 0.293. The normalized spacial score (nSPS) is 20.9. The van der Waals surface area contributed by atoms with Crippen molar-refractivity contribution in [2.24, 2.45) is 0 Å². The first-order valence-corrected chi connectivity index (χ1v) is 13.1. The molecule has 3 aliphatic rings. The summed E-state index contributed by atoms with van der Waals surface area (Å²) in [6.07, 6.45) is 7.51. The van der Waals surface area contributed by atoms with Crippen molar-refractivity contribution in [2.45, 2.75) is 19.0 Å². The van der Waals surface area contributed by atoms with Gasteiger partial charge in [0.25, 0.3) is 0 Å². The van der Waals surface area contributed by atoms with Crippen LogP contribution in [-0.4, -0.2) is 76.7 Å². The van der Waals surface area contributed by atoms with Gasteiger partial charge >= 0.3 is 0 Å². The third kappa shape index (κ3) is 3.87. The van der Waals surface area contributed by atoms with Gasteiger partial charge < -0.3 is 19.5 Å². The zero-order chi connectivity index (χ0) is 23.4. The summed E-state index contributed by atoms with van der Waals surface area (Å²) in [5.74, 6) is 1.21. The number of nitrogens with one attached hydrogen (secondary N) is 1. The predicted molar refractivity (Wildman–Crippen MR) is 137 cm³/mol. The number of rotatable bonds is 4. The lowest BCUT2D eigenvalue weighted by Gasteiger charge is -2.38. The van der Waals surface area contributed by atoms with Gasteiger partial charge in [0.2, 0.25) is 0 Å². The second kappa shape index (κ2) is 8.58. The van der Waals surface area contributed by atoms with Crippen molar-refractivity contribution in [1.29, 1.82) is 0 Å². The number of benzene rings is 1. The molecule has 2 saturated heterocycles. The Morgan fingerprint density at radius 3 is 2.94 bits per heavy atom. The fraction of sp³-hybridized carbons (Fsp3) is 0.385. The minimum atomic E-state index is -0.293. The Morgan fingerprint density at radius 1 is 1.11 bits per heavy atom. The molecule has 0 aliphatic carbocycles. The highest BCUT2D eigenvalue weighted by molar-refractivity contribution is 7.19. The lowest BCUT2D eigenvalue weighted by Crippen LogP contribution is -2.48. The first kappa shape index (κ1) is 21.3. The van der Waals surface area contributed by atoms with Crippen molar-refractivity contribution in [3.8, 4) is 11.4 Å². The van der Waals surface area contributed by atoms with Crippen LogP contribution in [0, 0.1) is 5.82 Å². The summed E-state index contributed by atoms with van der Waals surface area (Å²) in [6, 6.07) is 7.83. The van der Waals surface area contributed by atoms with Gasteiger partial charge in [-0.25, -0.2) is 14.4 Å². The molecular formula is C26H27FN6OS. The highest BCUT2D eigenvalue weighted by atomic mass is 32.1. The highest BCUT2D eigenvalue weighted by Gasteiger charge is 2.28. The summed E-state index contributed by atoms with van der Waals surface area (Å²) in [4.78, 5) is 21.7. The number of H-pyrrole nitrogens is 1. The molecule has 0 amide bonds. The molecule has 7 rings (SSSR count). The van der Waals surface area contributed by atoms with E-state index in [1.54, 1.807) is 17.4 Å². The smallest absolute Gasteiger partial charge is 0.163 e. The van der Waals surface area contributed by atoms with Crippen molar-refractivity contribution in [1.82, 2.24) is 24.8 Å². The number of halogens is 1. The predicted octanol–water partition coefficient (Wildman–Crippen LogP) is 4.22. The number of fused-ring (bicyclic) bond motifs is 3. The highest BCUT2D eigenvalue weighted by Crippen LogP contribution is 2.37. The summed E-state index contributed by atoms with van der Waals surface area (Å²) in [5, 5.41) is 0.928. The maximum atomic E-state index is 14.5. The van der Waals surface area contributed by atoms with Crippen LogP contribution in [0.5, 0.6) is 0 Å². The number of hydrogen-bond acceptors (Lipinski definition) is 7. The van der Waals surface area contributed by atoms with Gasteiger partial charge in [-0.2, -0.15) is 0 Å². The molecule has 1 N–H and O–H groups in total. The number of morpholine rings is 1. The average molecular weight is 491 g/mol. The van der Waals surface area contributed by atoms with E-state index in [4.69, 9.17) is 14.7 Å². The Labute approximate surface area is 206 Å². The molecule has 3 aliphatic heterocycles. The maximum absolute atomic E-state index is 14.5. The van der Waals surface area contributed by atoms with Gasteiger partial charge in [0.1, 0.15) is 5.82 Å². The first-order valence-electron chi connectivity index (χ1n) is 12.3. The van der Waals surface area contributed by atoms with E-state index >= 15 is 0 Å². The van der Waals surface area contributed by atoms with E-state index in [0.717, 1.165) is 78.2 Å². The van der Waals surface area contributed by atoms with E-state index in [-0.39, 0.29) is 5.82 Å². The summed E-state index contributed by atoms with van der Waals surface area (Å²) < 4.78 is 21.2. The van der Waals surface area contributed by atoms with E-state index in [1.165, 1.54) is 10.9 Å². The molecule has 1 atom stereocenters. The standard InChI is InChI=1S/C26H27FN6OS/c27-17-12-21(20-3-4-28-22(20)13-17)25-29-23-14-19(16-31-6-7-32-5-1-2-18(32)15-31)35-24(23)26(30-25)33-8-10-34-11-9-33/h1,3-5,12-14,18,28H,2,6-11,15-16H2/t18-/m1/s1. The van der Waals surface area contributed by atoms with Gasteiger partial charge in [-0.3, -0.25) is 4.90 Å². The van der Waals surface area contributed by atoms with Gasteiger partial charge in [-0.15, -0.1) is 11.3 Å². The number of anilines is 1. The molecule has 4 aromatic rings. The van der Waals surface area contributed by atoms with Crippen LogP contribution in [0.15, 0.2) is 42.7 Å². The van der Waals surface area contributed by atoms with Crippen LogP contribution in [0.1, 0.15) is 11.3 Å². The van der Waals surface area contributed by atoms with Crippen molar-refractivity contribution >= 4 is 38.3 Å². The molecule has 2 fully saturated rings. The van der Waals surface area contributed by atoms with Gasteiger partial charge in [-0.1, -0.05) is 6.08 Å². The van der Waals surface area contributed by atoms with E-state index in [1.807, 2.05) is 12.3 Å². The molecule has 6 heterocycles. The second-order valence-electron chi connectivity index (χ2n) is 9.54. The molecule has 0 bridgehead atoms. The topological polar surface area (TPSA) is 60.5 Å². The molecule has 180 valence electrons. The van der Waals surface area contributed by atoms with E-state index in [9.17, 15) is 4.39 Å². The Kier molecular flexibility index (Phi) is 5.22. The third-order valence-corrected chi connectivity index (χ3v) is 8.39. The second-order valence-corrected chi connectivity index (χ2v) is 10.7. The minimum Gasteiger partial charge on any atom is -0.378 e. The Balaban J connectivity index is 1.29. The number of aromatic nitrogens is 3. The number of ether oxygens (including phenoxy) is 1. The quantitative estimate of drug-likeness (QED) is 0.462. The van der Waals surface area contributed by atoms with Crippen LogP contribution >= 0.6 is 11.3 Å². The molecular weight excluding hydrogens is 463 g/mol. The van der Waals surface area contributed by atoms with Gasteiger partial charge in [0, 0.05) is 72.9 Å². The van der Waals surface area contributed by atoms with Gasteiger partial charge in [0.15, 0.2) is 11.6 Å². The largest absolute Gasteiger partial charge is 0.378 e. The number of nitrogens with zero attached hydrogens (tertiary/aromatic N) is 5. The van der Waals surface area contributed by atoms with Crippen LogP contribution in [0.25, 0.3) is 32.5 Å². The zero-order valence-electron chi connectivity index (χ0n) is 19.4. The summed E-state index contributed by atoms with van der Waals surface area (Å²) in [5.41, 5.74) is 2.41. The van der Waals surface area contributed by atoms with Crippen LogP contribution in [0.3, 0.4) is 0 Å². The summed E-state index contributed by atoms with van der Waals surface area (Å²) >= 11 is 1.79. The Bertz CT molecular complexity index is 1420. The summed E-state index contributed by atoms with van der Waals surface area (Å²) in [6.45, 7) is 7.10. The average Bonchev–Trinajstić information content (AvgIpc) is 3.62. The number of hydrogen-bond donors (Lipinski definition) is 1. The first-order chi connectivity index (χ1) is 17.2. The molecule has 35 heavy (non-hydrogen) atoms. The molecule has 1 aromatic carbocycles. The Hall–Kier alpha value is -3.01. The molecule has 3 aromatic heterocycles. The van der Waals surface area contributed by atoms with Gasteiger partial charge in [0.05, 0.1) is 23.4 Å². The van der Waals surface area contributed by atoms with E-state index in [0.29, 0.717) is 25.1 Å². The van der Waals surface area contributed by atoms with E-state index < -0.39 is 0 Å². The molecule has 0 unspecified atom stereocenters. The third-order valence-electron chi connectivity index (χ3n) is 7.29. The van der Waals surface area contributed by atoms with Crippen LogP contribution < -0.4 is 4.90 Å². The fourth-order valence-electron chi connectivity index (χ4n) is 5.53. The van der Waals surface area contributed by atoms with Gasteiger partial charge in [-0.05, 0) is 36.9 Å². The van der Waals surface area contributed by atoms with E-state index in [2.05, 4.69) is 38.0 Å². The molecule has 9 heteroatoms. The SMILES string of the molecule is Fc1cc(-c2nc(N3CCOCC3)c3sc(CN4CCN5C=CC[C@@H]5C4)cc3n2)c2cc[nH]c2c1. The van der Waals surface area contributed by atoms with Crippen LogP contribution in [0.4, 0.5) is 10.2 Å². The lowest BCUT2D eigenvalue weighted by molar-refractivity contribution is 0.118. The molecule has 0 radical (unpaired) electrons. The monoisotopic (exact) mass is 490 g/mol. The van der Waals surface area contributed by atoms with Crippen LogP contribution in [-0.2, 0) is 11.3 Å². The molecule has 7 nitrogen and oxygen atoms in total. The fourth-order valence-corrected chi connectivity index (χ4v) is 6.68. The lowest BCUT2D eigenvalue weighted by atomic mass is 10.1.